The monoisotopic (exact) mass is 344 g/mol. The Labute approximate surface area is 120 Å². The standard InChI is InChI=1S/C12H13BrN2O3S/c1-8-6-9(2)15(14-8)19(16,17)10-4-5-11(13)12(7-10)18-3/h4-7H,1-3H3. The van der Waals surface area contributed by atoms with Gasteiger partial charge in [0.2, 0.25) is 0 Å². The molecule has 0 saturated heterocycles. The van der Waals surface area contributed by atoms with Crippen LogP contribution in [0.3, 0.4) is 0 Å². The summed E-state index contributed by atoms with van der Waals surface area (Å²) in [5.74, 6) is 0.461. The van der Waals surface area contributed by atoms with Crippen molar-refractivity contribution in [2.45, 2.75) is 18.7 Å². The first kappa shape index (κ1) is 14.1. The van der Waals surface area contributed by atoms with Crippen molar-refractivity contribution in [2.75, 3.05) is 7.11 Å². The Bertz CT molecular complexity index is 723. The number of hydrogen-bond acceptors (Lipinski definition) is 4. The lowest BCUT2D eigenvalue weighted by Gasteiger charge is -2.09. The van der Waals surface area contributed by atoms with E-state index in [-0.39, 0.29) is 4.90 Å². The molecule has 1 aromatic heterocycles. The number of rotatable bonds is 3. The molecule has 19 heavy (non-hydrogen) atoms. The summed E-state index contributed by atoms with van der Waals surface area (Å²) in [6.45, 7) is 3.45. The minimum Gasteiger partial charge on any atom is -0.496 e. The Balaban J connectivity index is 2.60. The van der Waals surface area contributed by atoms with Gasteiger partial charge in [0.1, 0.15) is 5.75 Å². The lowest BCUT2D eigenvalue weighted by molar-refractivity contribution is 0.410. The van der Waals surface area contributed by atoms with Crippen LogP contribution in [-0.4, -0.2) is 24.7 Å². The van der Waals surface area contributed by atoms with Gasteiger partial charge in [-0.3, -0.25) is 0 Å². The first-order valence-electron chi connectivity index (χ1n) is 5.48. The van der Waals surface area contributed by atoms with Crippen LogP contribution in [0.4, 0.5) is 0 Å². The van der Waals surface area contributed by atoms with E-state index < -0.39 is 10.0 Å². The van der Waals surface area contributed by atoms with Crippen LogP contribution in [0.5, 0.6) is 5.75 Å². The molecule has 0 amide bonds. The normalized spacial score (nSPS) is 11.6. The second-order valence-corrected chi connectivity index (χ2v) is 6.69. The molecule has 2 aromatic rings. The molecule has 0 atom stereocenters. The maximum absolute atomic E-state index is 12.5. The van der Waals surface area contributed by atoms with E-state index >= 15 is 0 Å². The summed E-state index contributed by atoms with van der Waals surface area (Å²) >= 11 is 3.29. The molecule has 5 nitrogen and oxygen atoms in total. The molecule has 102 valence electrons. The highest BCUT2D eigenvalue weighted by molar-refractivity contribution is 9.10. The molecule has 0 spiro atoms. The number of hydrogen-bond donors (Lipinski definition) is 0. The quantitative estimate of drug-likeness (QED) is 0.858. The molecular formula is C12H13BrN2O3S. The van der Waals surface area contributed by atoms with Crippen LogP contribution < -0.4 is 4.74 Å². The zero-order chi connectivity index (χ0) is 14.2. The average molecular weight is 345 g/mol. The van der Waals surface area contributed by atoms with Crippen molar-refractivity contribution < 1.29 is 13.2 Å². The highest BCUT2D eigenvalue weighted by atomic mass is 79.9. The Morgan fingerprint density at radius 2 is 1.95 bits per heavy atom. The van der Waals surface area contributed by atoms with Crippen molar-refractivity contribution in [3.63, 3.8) is 0 Å². The van der Waals surface area contributed by atoms with Crippen molar-refractivity contribution in [1.29, 1.82) is 0 Å². The zero-order valence-corrected chi connectivity index (χ0v) is 13.1. The topological polar surface area (TPSA) is 61.2 Å². The van der Waals surface area contributed by atoms with E-state index in [4.69, 9.17) is 4.74 Å². The number of aromatic nitrogens is 2. The van der Waals surface area contributed by atoms with Crippen LogP contribution in [0.2, 0.25) is 0 Å². The number of halogens is 1. The predicted octanol–water partition coefficient (Wildman–Crippen LogP) is 2.51. The number of methoxy groups -OCH3 is 1. The van der Waals surface area contributed by atoms with Gasteiger partial charge in [0.15, 0.2) is 0 Å². The minimum atomic E-state index is -3.69. The molecule has 1 aromatic carbocycles. The van der Waals surface area contributed by atoms with E-state index in [0.29, 0.717) is 21.6 Å². The highest BCUT2D eigenvalue weighted by Gasteiger charge is 2.21. The summed E-state index contributed by atoms with van der Waals surface area (Å²) in [6, 6.07) is 6.33. The first-order valence-corrected chi connectivity index (χ1v) is 7.72. The molecule has 0 unspecified atom stereocenters. The predicted molar refractivity (Wildman–Crippen MR) is 75.0 cm³/mol. The van der Waals surface area contributed by atoms with E-state index in [2.05, 4.69) is 21.0 Å². The molecule has 0 aliphatic carbocycles. The van der Waals surface area contributed by atoms with Crippen molar-refractivity contribution in [3.8, 4) is 5.75 Å². The molecule has 0 fully saturated rings. The van der Waals surface area contributed by atoms with Gasteiger partial charge >= 0.3 is 0 Å². The van der Waals surface area contributed by atoms with Crippen molar-refractivity contribution in [1.82, 2.24) is 9.19 Å². The summed E-state index contributed by atoms with van der Waals surface area (Å²) in [4.78, 5) is 0.138. The fraction of sp³-hybridized carbons (Fsp3) is 0.250. The number of aryl methyl sites for hydroxylation is 2. The van der Waals surface area contributed by atoms with Crippen LogP contribution in [0.25, 0.3) is 0 Å². The third kappa shape index (κ3) is 2.52. The lowest BCUT2D eigenvalue weighted by atomic mass is 10.3. The van der Waals surface area contributed by atoms with Crippen molar-refractivity contribution in [3.05, 3.63) is 40.1 Å². The van der Waals surface area contributed by atoms with Gasteiger partial charge < -0.3 is 4.74 Å². The average Bonchev–Trinajstić information content (AvgIpc) is 2.69. The van der Waals surface area contributed by atoms with E-state index in [0.717, 1.165) is 4.09 Å². The fourth-order valence-corrected chi connectivity index (χ4v) is 3.52. The van der Waals surface area contributed by atoms with Gasteiger partial charge in [0.05, 0.1) is 27.9 Å². The van der Waals surface area contributed by atoms with E-state index in [9.17, 15) is 8.42 Å². The van der Waals surface area contributed by atoms with Crippen LogP contribution in [-0.2, 0) is 10.0 Å². The van der Waals surface area contributed by atoms with Crippen LogP contribution >= 0.6 is 15.9 Å². The molecule has 2 rings (SSSR count). The molecule has 0 saturated carbocycles. The molecular weight excluding hydrogens is 332 g/mol. The smallest absolute Gasteiger partial charge is 0.283 e. The number of benzene rings is 1. The third-order valence-electron chi connectivity index (χ3n) is 2.62. The number of ether oxygens (including phenoxy) is 1. The number of nitrogens with zero attached hydrogens (tertiary/aromatic N) is 2. The van der Waals surface area contributed by atoms with Gasteiger partial charge in [-0.15, -0.1) is 0 Å². The largest absolute Gasteiger partial charge is 0.496 e. The molecule has 0 N–H and O–H groups in total. The summed E-state index contributed by atoms with van der Waals surface area (Å²) in [5, 5.41) is 4.01. The Kier molecular flexibility index (Phi) is 3.69. The molecule has 0 radical (unpaired) electrons. The van der Waals surface area contributed by atoms with E-state index in [1.807, 2.05) is 0 Å². The second kappa shape index (κ2) is 4.97. The molecule has 7 heteroatoms. The summed E-state index contributed by atoms with van der Waals surface area (Å²) in [6.07, 6.45) is 0. The fourth-order valence-electron chi connectivity index (χ4n) is 1.75. The molecule has 0 aliphatic rings. The van der Waals surface area contributed by atoms with Crippen LogP contribution in [0.1, 0.15) is 11.4 Å². The lowest BCUT2D eigenvalue weighted by Crippen LogP contribution is -2.16. The second-order valence-electron chi connectivity index (χ2n) is 4.07. The molecule has 0 bridgehead atoms. The Morgan fingerprint density at radius 3 is 2.47 bits per heavy atom. The highest BCUT2D eigenvalue weighted by Crippen LogP contribution is 2.28. The minimum absolute atomic E-state index is 0.138. The van der Waals surface area contributed by atoms with Gasteiger partial charge in [-0.1, -0.05) is 0 Å². The third-order valence-corrected chi connectivity index (χ3v) is 4.95. The Hall–Kier alpha value is -1.34. The van der Waals surface area contributed by atoms with E-state index in [1.165, 1.54) is 19.2 Å². The SMILES string of the molecule is COc1cc(S(=O)(=O)n2nc(C)cc2C)ccc1Br. The summed E-state index contributed by atoms with van der Waals surface area (Å²) in [5.41, 5.74) is 1.23. The zero-order valence-electron chi connectivity index (χ0n) is 10.7. The van der Waals surface area contributed by atoms with Crippen LogP contribution in [0.15, 0.2) is 33.6 Å². The summed E-state index contributed by atoms with van der Waals surface area (Å²) < 4.78 is 31.8. The van der Waals surface area contributed by atoms with Crippen LogP contribution in [0, 0.1) is 13.8 Å². The van der Waals surface area contributed by atoms with Gasteiger partial charge in [0, 0.05) is 6.07 Å². The van der Waals surface area contributed by atoms with Gasteiger partial charge in [0.25, 0.3) is 10.0 Å². The van der Waals surface area contributed by atoms with Crippen molar-refractivity contribution in [2.24, 2.45) is 0 Å². The summed E-state index contributed by atoms with van der Waals surface area (Å²) in [7, 11) is -2.21. The molecule has 1 heterocycles. The van der Waals surface area contributed by atoms with Crippen molar-refractivity contribution >= 4 is 26.0 Å². The maximum atomic E-state index is 12.5. The van der Waals surface area contributed by atoms with E-state index in [1.54, 1.807) is 26.0 Å². The van der Waals surface area contributed by atoms with Gasteiger partial charge in [-0.05, 0) is 48.0 Å². The maximum Gasteiger partial charge on any atom is 0.283 e. The molecule has 0 aliphatic heterocycles. The first-order chi connectivity index (χ1) is 8.86. The van der Waals surface area contributed by atoms with Gasteiger partial charge in [-0.25, -0.2) is 0 Å². The van der Waals surface area contributed by atoms with Gasteiger partial charge in [-0.2, -0.15) is 17.6 Å². The Morgan fingerprint density at radius 1 is 1.26 bits per heavy atom.